The van der Waals surface area contributed by atoms with Crippen LogP contribution in [-0.4, -0.2) is 24.9 Å². The summed E-state index contributed by atoms with van der Waals surface area (Å²) < 4.78 is 0. The third-order valence-corrected chi connectivity index (χ3v) is 1.88. The maximum atomic E-state index is 4.27. The highest BCUT2D eigenvalue weighted by Gasteiger charge is 2.00. The fourth-order valence-electron chi connectivity index (χ4n) is 1.27. The Kier molecular flexibility index (Phi) is 1.11. The molecule has 0 saturated heterocycles. The lowest BCUT2D eigenvalue weighted by atomic mass is 10.3. The molecule has 0 spiro atoms. The number of hydrogen-bond acceptors (Lipinski definition) is 4. The predicted molar refractivity (Wildman–Crippen MR) is 47.0 cm³/mol. The van der Waals surface area contributed by atoms with Crippen LogP contribution in [0.3, 0.4) is 0 Å². The third-order valence-electron chi connectivity index (χ3n) is 1.88. The van der Waals surface area contributed by atoms with Gasteiger partial charge in [-0.2, -0.15) is 0 Å². The van der Waals surface area contributed by atoms with Gasteiger partial charge in [0.2, 0.25) is 0 Å². The van der Waals surface area contributed by atoms with Crippen LogP contribution in [0.15, 0.2) is 24.9 Å². The van der Waals surface area contributed by atoms with Gasteiger partial charge in [-0.3, -0.25) is 0 Å². The zero-order valence-electron chi connectivity index (χ0n) is 6.60. The zero-order valence-corrected chi connectivity index (χ0v) is 6.60. The molecule has 0 bridgehead atoms. The van der Waals surface area contributed by atoms with E-state index in [0.29, 0.717) is 5.65 Å². The molecule has 62 valence electrons. The van der Waals surface area contributed by atoms with Crippen molar-refractivity contribution in [3.63, 3.8) is 0 Å². The maximum absolute atomic E-state index is 4.27. The Morgan fingerprint density at radius 2 is 2.15 bits per heavy atom. The quantitative estimate of drug-likeness (QED) is 0.545. The molecule has 1 N–H and O–H groups in total. The molecular weight excluding hydrogens is 166 g/mol. The predicted octanol–water partition coefficient (Wildman–Crippen LogP) is 0.901. The van der Waals surface area contributed by atoms with E-state index in [4.69, 9.17) is 0 Å². The van der Waals surface area contributed by atoms with Gasteiger partial charge < -0.3 is 4.98 Å². The molecule has 0 aliphatic heterocycles. The second-order valence-electron chi connectivity index (χ2n) is 2.69. The van der Waals surface area contributed by atoms with Gasteiger partial charge in [-0.1, -0.05) is 0 Å². The van der Waals surface area contributed by atoms with Crippen LogP contribution in [0, 0.1) is 0 Å². The van der Waals surface area contributed by atoms with Gasteiger partial charge in [0.1, 0.15) is 11.8 Å². The molecule has 5 nitrogen and oxygen atoms in total. The number of imidazole rings is 1. The highest BCUT2D eigenvalue weighted by Crippen LogP contribution is 2.12. The summed E-state index contributed by atoms with van der Waals surface area (Å²) in [6.45, 7) is 0. The number of aromatic nitrogens is 5. The minimum absolute atomic E-state index is 0.697. The van der Waals surface area contributed by atoms with Crippen LogP contribution in [0.5, 0.6) is 0 Å². The number of nitrogens with one attached hydrogen (secondary N) is 1. The molecule has 0 fully saturated rings. The molecule has 0 aromatic carbocycles. The molecule has 0 aliphatic carbocycles. The highest BCUT2D eigenvalue weighted by molar-refractivity contribution is 5.85. The second kappa shape index (κ2) is 2.22. The highest BCUT2D eigenvalue weighted by atomic mass is 15.0. The summed E-state index contributed by atoms with van der Waals surface area (Å²) in [6.07, 6.45) is 4.80. The van der Waals surface area contributed by atoms with Crippen molar-refractivity contribution >= 4 is 22.2 Å². The smallest absolute Gasteiger partial charge is 0.178 e. The summed E-state index contributed by atoms with van der Waals surface area (Å²) in [4.78, 5) is 19.3. The van der Waals surface area contributed by atoms with E-state index in [9.17, 15) is 0 Å². The first-order valence-corrected chi connectivity index (χ1v) is 3.83. The molecule has 0 atom stereocenters. The minimum Gasteiger partial charge on any atom is -0.343 e. The van der Waals surface area contributed by atoms with Gasteiger partial charge in [0, 0.05) is 0 Å². The third kappa shape index (κ3) is 0.868. The summed E-state index contributed by atoms with van der Waals surface area (Å²) in [7, 11) is 0. The monoisotopic (exact) mass is 171 g/mol. The van der Waals surface area contributed by atoms with Crippen molar-refractivity contribution in [2.24, 2.45) is 0 Å². The molecule has 13 heavy (non-hydrogen) atoms. The molecule has 0 saturated carbocycles. The van der Waals surface area contributed by atoms with Gasteiger partial charge >= 0.3 is 0 Å². The van der Waals surface area contributed by atoms with Gasteiger partial charge in [0.05, 0.1) is 23.6 Å². The van der Waals surface area contributed by atoms with Crippen molar-refractivity contribution in [2.45, 2.75) is 0 Å². The van der Waals surface area contributed by atoms with Crippen LogP contribution < -0.4 is 0 Å². The summed E-state index contributed by atoms with van der Waals surface area (Å²) in [5.41, 5.74) is 3.18. The van der Waals surface area contributed by atoms with E-state index in [-0.39, 0.29) is 0 Å². The number of nitrogens with zero attached hydrogens (tertiary/aromatic N) is 4. The van der Waals surface area contributed by atoms with Crippen molar-refractivity contribution in [1.29, 1.82) is 0 Å². The van der Waals surface area contributed by atoms with Crippen LogP contribution in [0.2, 0.25) is 0 Å². The van der Waals surface area contributed by atoms with Crippen LogP contribution >= 0.6 is 0 Å². The van der Waals surface area contributed by atoms with Gasteiger partial charge in [0.25, 0.3) is 0 Å². The molecule has 0 unspecified atom stereocenters. The first-order valence-electron chi connectivity index (χ1n) is 3.83. The first-order chi connectivity index (χ1) is 6.43. The Labute approximate surface area is 72.9 Å². The van der Waals surface area contributed by atoms with Crippen molar-refractivity contribution in [2.75, 3.05) is 0 Å². The average molecular weight is 171 g/mol. The number of pyridine rings is 1. The Bertz CT molecular complexity index is 521. The minimum atomic E-state index is 0.697. The number of aromatic amines is 1. The average Bonchev–Trinajstić information content (AvgIpc) is 2.61. The summed E-state index contributed by atoms with van der Waals surface area (Å²) in [5, 5.41) is 0. The molecule has 3 aromatic rings. The van der Waals surface area contributed by atoms with E-state index >= 15 is 0 Å². The Balaban J connectivity index is 2.57. The van der Waals surface area contributed by atoms with Crippen LogP contribution in [0.25, 0.3) is 22.2 Å². The molecule has 0 radical (unpaired) electrons. The lowest BCUT2D eigenvalue weighted by Crippen LogP contribution is -1.85. The second-order valence-corrected chi connectivity index (χ2v) is 2.69. The van der Waals surface area contributed by atoms with Crippen molar-refractivity contribution in [1.82, 2.24) is 24.9 Å². The van der Waals surface area contributed by atoms with Gasteiger partial charge in [-0.15, -0.1) is 0 Å². The van der Waals surface area contributed by atoms with E-state index < -0.39 is 0 Å². The fourth-order valence-corrected chi connectivity index (χ4v) is 1.27. The number of fused-ring (bicyclic) bond motifs is 2. The molecule has 0 aliphatic rings. The molecular formula is C8H5N5. The summed E-state index contributed by atoms with van der Waals surface area (Å²) in [6, 6.07) is 1.91. The van der Waals surface area contributed by atoms with E-state index in [1.54, 1.807) is 12.5 Å². The van der Waals surface area contributed by atoms with Gasteiger partial charge in [-0.05, 0) is 6.07 Å². The van der Waals surface area contributed by atoms with E-state index in [0.717, 1.165) is 16.6 Å². The van der Waals surface area contributed by atoms with Crippen LogP contribution in [0.4, 0.5) is 0 Å². The van der Waals surface area contributed by atoms with Crippen LogP contribution in [-0.2, 0) is 0 Å². The zero-order chi connectivity index (χ0) is 8.67. The lowest BCUT2D eigenvalue weighted by molar-refractivity contribution is 1.20. The van der Waals surface area contributed by atoms with Gasteiger partial charge in [0.15, 0.2) is 5.65 Å². The molecule has 3 heterocycles. The fraction of sp³-hybridized carbons (Fsp3) is 0. The summed E-state index contributed by atoms with van der Waals surface area (Å²) in [5.74, 6) is 0. The summed E-state index contributed by atoms with van der Waals surface area (Å²) >= 11 is 0. The molecule has 0 amide bonds. The lowest BCUT2D eigenvalue weighted by Gasteiger charge is -1.93. The largest absolute Gasteiger partial charge is 0.343 e. The van der Waals surface area contributed by atoms with E-state index in [1.165, 1.54) is 6.33 Å². The standard InChI is InChI=1S/C8H5N5/c1-5-7(2-9-3-10-5)13-8-6(1)11-4-12-8/h1-4H,(H,11,12,13). The Morgan fingerprint density at radius 3 is 3.15 bits per heavy atom. The first kappa shape index (κ1) is 6.47. The SMILES string of the molecule is c1ncc2nc3nc[nH]c3cc2n1. The maximum Gasteiger partial charge on any atom is 0.178 e. The number of hydrogen-bond donors (Lipinski definition) is 1. The topological polar surface area (TPSA) is 67.3 Å². The normalized spacial score (nSPS) is 11.1. The molecule has 5 heteroatoms. The van der Waals surface area contributed by atoms with E-state index in [2.05, 4.69) is 24.9 Å². The van der Waals surface area contributed by atoms with Crippen molar-refractivity contribution < 1.29 is 0 Å². The molecule has 3 rings (SSSR count). The number of H-pyrrole nitrogens is 1. The van der Waals surface area contributed by atoms with Gasteiger partial charge in [-0.25, -0.2) is 19.9 Å². The van der Waals surface area contributed by atoms with Crippen LogP contribution in [0.1, 0.15) is 0 Å². The Hall–Kier alpha value is -2.04. The Morgan fingerprint density at radius 1 is 1.15 bits per heavy atom. The number of rotatable bonds is 0. The van der Waals surface area contributed by atoms with Crippen molar-refractivity contribution in [3.8, 4) is 0 Å². The van der Waals surface area contributed by atoms with Crippen molar-refractivity contribution in [3.05, 3.63) is 24.9 Å². The van der Waals surface area contributed by atoms with E-state index in [1.807, 2.05) is 6.07 Å². The molecule has 3 aromatic heterocycles.